The molecule has 0 aliphatic heterocycles. The van der Waals surface area contributed by atoms with Crippen molar-refractivity contribution in [2.45, 2.75) is 17.9 Å². The highest BCUT2D eigenvalue weighted by Gasteiger charge is 2.09. The summed E-state index contributed by atoms with van der Waals surface area (Å²) in [7, 11) is -1.47. The van der Waals surface area contributed by atoms with Crippen LogP contribution in [0.1, 0.15) is 18.5 Å². The van der Waals surface area contributed by atoms with Crippen LogP contribution < -0.4 is 15.4 Å². The van der Waals surface area contributed by atoms with Gasteiger partial charge in [-0.1, -0.05) is 36.4 Å². The van der Waals surface area contributed by atoms with Crippen LogP contribution in [0, 0.1) is 0 Å². The van der Waals surface area contributed by atoms with Crippen LogP contribution in [0.15, 0.2) is 76.6 Å². The maximum Gasteiger partial charge on any atom is 0.191 e. The van der Waals surface area contributed by atoms with Crippen molar-refractivity contribution in [1.82, 2.24) is 10.6 Å². The molecule has 0 spiro atoms. The fourth-order valence-electron chi connectivity index (χ4n) is 3.08. The summed E-state index contributed by atoms with van der Waals surface area (Å²) in [5.74, 6) is 1.31. The summed E-state index contributed by atoms with van der Waals surface area (Å²) in [6, 6.07) is 21.2. The number of nitrogens with zero attached hydrogens (tertiary/aromatic N) is 1. The molecule has 0 fully saturated rings. The molecule has 0 bridgehead atoms. The molecule has 0 saturated heterocycles. The summed E-state index contributed by atoms with van der Waals surface area (Å²) in [5, 5.41) is 9.05. The Morgan fingerprint density at radius 1 is 1.03 bits per heavy atom. The molecule has 166 valence electrons. The maximum atomic E-state index is 11.5. The van der Waals surface area contributed by atoms with Gasteiger partial charge in [-0.3, -0.25) is 4.99 Å². The number of fused-ring (bicyclic) bond motifs is 1. The molecule has 6 nitrogen and oxygen atoms in total. The van der Waals surface area contributed by atoms with E-state index in [2.05, 4.69) is 52.9 Å². The van der Waals surface area contributed by atoms with Crippen LogP contribution in [-0.2, 0) is 9.84 Å². The number of aliphatic imine (C=N–C) groups is 1. The van der Waals surface area contributed by atoms with Crippen molar-refractivity contribution < 1.29 is 13.2 Å². The summed E-state index contributed by atoms with van der Waals surface area (Å²) >= 11 is 0. The van der Waals surface area contributed by atoms with Crippen molar-refractivity contribution in [2.24, 2.45) is 4.99 Å². The number of sulfone groups is 1. The highest BCUT2D eigenvalue weighted by molar-refractivity contribution is 14.0. The summed E-state index contributed by atoms with van der Waals surface area (Å²) in [5.41, 5.74) is 1.18. The van der Waals surface area contributed by atoms with E-state index in [1.54, 1.807) is 31.3 Å². The zero-order valence-corrected chi connectivity index (χ0v) is 21.0. The quantitative estimate of drug-likeness (QED) is 0.199. The lowest BCUT2D eigenvalue weighted by atomic mass is 10.0. The fourth-order valence-corrected chi connectivity index (χ4v) is 3.71. The van der Waals surface area contributed by atoms with Gasteiger partial charge in [0.1, 0.15) is 12.4 Å². The standard InChI is InChI=1S/C23H27N3O3S.HI/c1-17(19-9-8-18-6-4-5-7-20(18)16-19)26-23(24-2)25-14-15-29-21-10-12-22(13-11-21)30(3,27)28;/h4-13,16-17H,14-15H2,1-3H3,(H2,24,25,26);1H. The average molecular weight is 553 g/mol. The van der Waals surface area contributed by atoms with E-state index in [0.29, 0.717) is 24.9 Å². The summed E-state index contributed by atoms with van der Waals surface area (Å²) in [4.78, 5) is 4.55. The Morgan fingerprint density at radius 3 is 2.35 bits per heavy atom. The molecule has 0 radical (unpaired) electrons. The first-order valence-electron chi connectivity index (χ1n) is 9.75. The van der Waals surface area contributed by atoms with Crippen molar-refractivity contribution in [3.8, 4) is 5.75 Å². The lowest BCUT2D eigenvalue weighted by molar-refractivity contribution is 0.321. The van der Waals surface area contributed by atoms with Gasteiger partial charge in [-0.05, 0) is 53.6 Å². The molecular formula is C23H28IN3O3S. The maximum absolute atomic E-state index is 11.5. The van der Waals surface area contributed by atoms with Gasteiger partial charge in [0.2, 0.25) is 0 Å². The van der Waals surface area contributed by atoms with Crippen molar-refractivity contribution in [3.05, 3.63) is 72.3 Å². The first-order valence-corrected chi connectivity index (χ1v) is 11.6. The third-order valence-corrected chi connectivity index (χ3v) is 5.89. The third-order valence-electron chi connectivity index (χ3n) is 4.77. The van der Waals surface area contributed by atoms with Crippen LogP contribution in [0.3, 0.4) is 0 Å². The number of hydrogen-bond acceptors (Lipinski definition) is 4. The predicted molar refractivity (Wildman–Crippen MR) is 137 cm³/mol. The number of nitrogens with one attached hydrogen (secondary N) is 2. The Kier molecular flexibility index (Phi) is 9.12. The smallest absolute Gasteiger partial charge is 0.191 e. The second-order valence-corrected chi connectivity index (χ2v) is 9.08. The predicted octanol–water partition coefficient (Wildman–Crippen LogP) is 4.17. The van der Waals surface area contributed by atoms with Gasteiger partial charge in [0.15, 0.2) is 15.8 Å². The largest absolute Gasteiger partial charge is 0.492 e. The second-order valence-electron chi connectivity index (χ2n) is 7.06. The van der Waals surface area contributed by atoms with Crippen LogP contribution in [0.25, 0.3) is 10.8 Å². The number of halogens is 1. The molecule has 0 heterocycles. The molecule has 8 heteroatoms. The minimum atomic E-state index is -3.20. The highest BCUT2D eigenvalue weighted by Crippen LogP contribution is 2.20. The molecule has 0 aliphatic carbocycles. The molecule has 31 heavy (non-hydrogen) atoms. The zero-order chi connectivity index (χ0) is 21.6. The van der Waals surface area contributed by atoms with Crippen LogP contribution >= 0.6 is 24.0 Å². The summed E-state index contributed by atoms with van der Waals surface area (Å²) < 4.78 is 28.7. The van der Waals surface area contributed by atoms with Gasteiger partial charge in [0.25, 0.3) is 0 Å². The molecule has 0 saturated carbocycles. The zero-order valence-electron chi connectivity index (χ0n) is 17.8. The molecule has 3 aromatic rings. The van der Waals surface area contributed by atoms with Crippen LogP contribution in [0.5, 0.6) is 5.75 Å². The Balaban J connectivity index is 0.00000341. The number of rotatable bonds is 7. The molecule has 0 aliphatic rings. The first kappa shape index (κ1) is 24.9. The van der Waals surface area contributed by atoms with Crippen molar-refractivity contribution >= 4 is 50.5 Å². The van der Waals surface area contributed by atoms with E-state index in [4.69, 9.17) is 4.74 Å². The normalized spacial score (nSPS) is 12.7. The molecule has 1 unspecified atom stereocenters. The minimum Gasteiger partial charge on any atom is -0.492 e. The van der Waals surface area contributed by atoms with E-state index in [1.807, 2.05) is 12.1 Å². The number of ether oxygens (including phenoxy) is 1. The average Bonchev–Trinajstić information content (AvgIpc) is 2.75. The Hall–Kier alpha value is -2.33. The SMILES string of the molecule is CN=C(NCCOc1ccc(S(C)(=O)=O)cc1)NC(C)c1ccc2ccccc2c1.I. The summed E-state index contributed by atoms with van der Waals surface area (Å²) in [6.07, 6.45) is 1.18. The monoisotopic (exact) mass is 553 g/mol. The van der Waals surface area contributed by atoms with Gasteiger partial charge in [-0.2, -0.15) is 0 Å². The van der Waals surface area contributed by atoms with E-state index >= 15 is 0 Å². The number of benzene rings is 3. The van der Waals surface area contributed by atoms with E-state index in [1.165, 1.54) is 22.6 Å². The molecule has 2 N–H and O–H groups in total. The second kappa shape index (κ2) is 11.3. The summed E-state index contributed by atoms with van der Waals surface area (Å²) in [6.45, 7) is 3.07. The molecule has 0 aromatic heterocycles. The number of hydrogen-bond donors (Lipinski definition) is 2. The lowest BCUT2D eigenvalue weighted by Gasteiger charge is -2.19. The minimum absolute atomic E-state index is 0. The number of guanidine groups is 1. The fraction of sp³-hybridized carbons (Fsp3) is 0.261. The van der Waals surface area contributed by atoms with Gasteiger partial charge in [0, 0.05) is 13.3 Å². The third kappa shape index (κ3) is 7.10. The van der Waals surface area contributed by atoms with Gasteiger partial charge >= 0.3 is 0 Å². The Morgan fingerprint density at radius 2 is 1.71 bits per heavy atom. The Bertz CT molecular complexity index is 1130. The lowest BCUT2D eigenvalue weighted by Crippen LogP contribution is -2.40. The van der Waals surface area contributed by atoms with E-state index in [0.717, 1.165) is 0 Å². The van der Waals surface area contributed by atoms with E-state index < -0.39 is 9.84 Å². The van der Waals surface area contributed by atoms with Gasteiger partial charge in [0.05, 0.1) is 17.5 Å². The molecule has 1 atom stereocenters. The van der Waals surface area contributed by atoms with Crippen LogP contribution in [0.4, 0.5) is 0 Å². The van der Waals surface area contributed by atoms with Crippen LogP contribution in [-0.4, -0.2) is 40.8 Å². The molecular weight excluding hydrogens is 525 g/mol. The van der Waals surface area contributed by atoms with Gasteiger partial charge in [-0.25, -0.2) is 8.42 Å². The van der Waals surface area contributed by atoms with Crippen LogP contribution in [0.2, 0.25) is 0 Å². The molecule has 3 rings (SSSR count). The topological polar surface area (TPSA) is 79.8 Å². The first-order chi connectivity index (χ1) is 14.4. The van der Waals surface area contributed by atoms with Crippen molar-refractivity contribution in [2.75, 3.05) is 26.5 Å². The van der Waals surface area contributed by atoms with Crippen molar-refractivity contribution in [3.63, 3.8) is 0 Å². The van der Waals surface area contributed by atoms with Crippen molar-refractivity contribution in [1.29, 1.82) is 0 Å². The van der Waals surface area contributed by atoms with E-state index in [9.17, 15) is 8.42 Å². The highest BCUT2D eigenvalue weighted by atomic mass is 127. The van der Waals surface area contributed by atoms with Gasteiger partial charge in [-0.15, -0.1) is 24.0 Å². The van der Waals surface area contributed by atoms with Gasteiger partial charge < -0.3 is 15.4 Å². The molecule has 0 amide bonds. The molecule has 3 aromatic carbocycles. The van der Waals surface area contributed by atoms with E-state index in [-0.39, 0.29) is 34.9 Å². The Labute approximate surface area is 201 Å².